The molecule has 0 unspecified atom stereocenters. The van der Waals surface area contributed by atoms with Gasteiger partial charge in [-0.25, -0.2) is 4.98 Å². The summed E-state index contributed by atoms with van der Waals surface area (Å²) in [5, 5.41) is 2.18. The van der Waals surface area contributed by atoms with E-state index in [4.69, 9.17) is 4.74 Å². The van der Waals surface area contributed by atoms with E-state index in [0.717, 1.165) is 56.3 Å². The molecule has 0 aliphatic carbocycles. The lowest BCUT2D eigenvalue weighted by Gasteiger charge is -2.36. The molecule has 5 nitrogen and oxygen atoms in total. The van der Waals surface area contributed by atoms with Gasteiger partial charge in [0.15, 0.2) is 0 Å². The molecule has 0 bridgehead atoms. The lowest BCUT2D eigenvalue weighted by molar-refractivity contribution is -0.130. The quantitative estimate of drug-likeness (QED) is 0.718. The maximum absolute atomic E-state index is 11.5. The summed E-state index contributed by atoms with van der Waals surface area (Å²) in [5.74, 6) is 0.851. The molecule has 1 aromatic carbocycles. The molecular formula is C21H27N3O2. The monoisotopic (exact) mass is 353 g/mol. The van der Waals surface area contributed by atoms with Gasteiger partial charge in [-0.3, -0.25) is 9.69 Å². The Bertz CT molecular complexity index is 749. The Morgan fingerprint density at radius 3 is 2.77 bits per heavy atom. The molecule has 26 heavy (non-hydrogen) atoms. The third kappa shape index (κ3) is 4.61. The summed E-state index contributed by atoms with van der Waals surface area (Å²) in [6.07, 6.45) is 5.59. The van der Waals surface area contributed by atoms with E-state index < -0.39 is 0 Å². The van der Waals surface area contributed by atoms with E-state index in [9.17, 15) is 4.79 Å². The van der Waals surface area contributed by atoms with Gasteiger partial charge in [0, 0.05) is 51.2 Å². The fourth-order valence-electron chi connectivity index (χ4n) is 3.37. The van der Waals surface area contributed by atoms with Crippen molar-refractivity contribution in [2.24, 2.45) is 0 Å². The number of benzene rings is 1. The van der Waals surface area contributed by atoms with E-state index in [0.29, 0.717) is 5.88 Å². The molecule has 3 rings (SSSR count). The van der Waals surface area contributed by atoms with Crippen molar-refractivity contribution < 1.29 is 9.53 Å². The molecular weight excluding hydrogens is 326 g/mol. The molecule has 0 radical (unpaired) electrons. The predicted molar refractivity (Wildman–Crippen MR) is 104 cm³/mol. The summed E-state index contributed by atoms with van der Waals surface area (Å²) >= 11 is 0. The minimum atomic E-state index is 0.0511. The highest BCUT2D eigenvalue weighted by molar-refractivity contribution is 5.86. The normalized spacial score (nSPS) is 16.4. The highest BCUT2D eigenvalue weighted by atomic mass is 16.5. The van der Waals surface area contributed by atoms with E-state index >= 15 is 0 Å². The maximum atomic E-state index is 11.5. The third-order valence-electron chi connectivity index (χ3n) is 4.89. The Morgan fingerprint density at radius 2 is 2.04 bits per heavy atom. The molecule has 5 heteroatoms. The van der Waals surface area contributed by atoms with Gasteiger partial charge < -0.3 is 9.64 Å². The summed E-state index contributed by atoms with van der Waals surface area (Å²) in [7, 11) is 0. The van der Waals surface area contributed by atoms with E-state index in [1.165, 1.54) is 0 Å². The van der Waals surface area contributed by atoms with E-state index in [1.54, 1.807) is 13.1 Å². The number of carbonyl (C=O) groups is 1. The van der Waals surface area contributed by atoms with Crippen molar-refractivity contribution in [2.45, 2.75) is 25.9 Å². The average molecular weight is 353 g/mol. The highest BCUT2D eigenvalue weighted by Gasteiger charge is 2.22. The highest BCUT2D eigenvalue weighted by Crippen LogP contribution is 2.24. The van der Waals surface area contributed by atoms with Crippen LogP contribution in [0.2, 0.25) is 0 Å². The maximum Gasteiger partial charge on any atom is 0.221 e. The molecule has 2 aromatic rings. The number of nitrogens with zero attached hydrogens (tertiary/aromatic N) is 3. The van der Waals surface area contributed by atoms with Crippen LogP contribution in [-0.4, -0.2) is 59.5 Å². The Morgan fingerprint density at radius 1 is 1.27 bits per heavy atom. The number of hydrogen-bond acceptors (Lipinski definition) is 4. The molecule has 1 amide bonds. The summed E-state index contributed by atoms with van der Waals surface area (Å²) < 4.78 is 6.33. The minimum absolute atomic E-state index is 0.0511. The number of piperazine rings is 1. The first kappa shape index (κ1) is 18.4. The third-order valence-corrected chi connectivity index (χ3v) is 4.89. The van der Waals surface area contributed by atoms with Gasteiger partial charge in [0.2, 0.25) is 11.8 Å². The van der Waals surface area contributed by atoms with Gasteiger partial charge in [-0.1, -0.05) is 24.3 Å². The fourth-order valence-corrected chi connectivity index (χ4v) is 3.37. The van der Waals surface area contributed by atoms with E-state index in [1.807, 2.05) is 35.2 Å². The van der Waals surface area contributed by atoms with Crippen molar-refractivity contribution in [1.29, 1.82) is 0 Å². The first-order valence-corrected chi connectivity index (χ1v) is 9.26. The number of aromatic nitrogens is 1. The Labute approximate surface area is 155 Å². The summed E-state index contributed by atoms with van der Waals surface area (Å²) in [4.78, 5) is 20.2. The number of ether oxygens (including phenoxy) is 1. The zero-order valence-electron chi connectivity index (χ0n) is 15.4. The van der Waals surface area contributed by atoms with Crippen molar-refractivity contribution in [3.05, 3.63) is 49.2 Å². The topological polar surface area (TPSA) is 45.7 Å². The molecule has 1 atom stereocenters. The van der Waals surface area contributed by atoms with Crippen molar-refractivity contribution in [3.63, 3.8) is 0 Å². The van der Waals surface area contributed by atoms with E-state index in [2.05, 4.69) is 22.5 Å². The molecule has 0 spiro atoms. The SMILES string of the molecule is C=CCC[C@@H](CN1CCN(C(C)=O)CC1)Oc1nccc2ccccc12. The van der Waals surface area contributed by atoms with Gasteiger partial charge in [-0.05, 0) is 30.4 Å². The lowest BCUT2D eigenvalue weighted by atomic mass is 10.1. The summed E-state index contributed by atoms with van der Waals surface area (Å²) in [6.45, 7) is 9.66. The molecule has 1 aromatic heterocycles. The number of allylic oxidation sites excluding steroid dienone is 1. The second kappa shape index (κ2) is 8.81. The Kier molecular flexibility index (Phi) is 6.23. The number of fused-ring (bicyclic) bond motifs is 1. The number of hydrogen-bond donors (Lipinski definition) is 0. The van der Waals surface area contributed by atoms with Gasteiger partial charge in [-0.2, -0.15) is 0 Å². The second-order valence-electron chi connectivity index (χ2n) is 6.75. The van der Waals surface area contributed by atoms with Gasteiger partial charge in [0.1, 0.15) is 6.10 Å². The van der Waals surface area contributed by atoms with Crippen LogP contribution in [0, 0.1) is 0 Å². The van der Waals surface area contributed by atoms with Gasteiger partial charge in [-0.15, -0.1) is 6.58 Å². The van der Waals surface area contributed by atoms with Crippen molar-refractivity contribution in [2.75, 3.05) is 32.7 Å². The zero-order chi connectivity index (χ0) is 18.4. The number of carbonyl (C=O) groups excluding carboxylic acids is 1. The number of rotatable bonds is 7. The molecule has 0 N–H and O–H groups in total. The number of pyridine rings is 1. The first-order chi connectivity index (χ1) is 12.7. The number of amides is 1. The molecule has 1 saturated heterocycles. The lowest BCUT2D eigenvalue weighted by Crippen LogP contribution is -2.50. The molecule has 1 fully saturated rings. The van der Waals surface area contributed by atoms with Gasteiger partial charge >= 0.3 is 0 Å². The predicted octanol–water partition coefficient (Wildman–Crippen LogP) is 3.11. The molecule has 1 aliphatic heterocycles. The fraction of sp³-hybridized carbons (Fsp3) is 0.429. The molecule has 1 aliphatic rings. The van der Waals surface area contributed by atoms with Crippen LogP contribution in [0.1, 0.15) is 19.8 Å². The van der Waals surface area contributed by atoms with Crippen molar-refractivity contribution in [3.8, 4) is 5.88 Å². The first-order valence-electron chi connectivity index (χ1n) is 9.26. The van der Waals surface area contributed by atoms with Gasteiger partial charge in [0.25, 0.3) is 0 Å². The van der Waals surface area contributed by atoms with Crippen LogP contribution < -0.4 is 4.74 Å². The van der Waals surface area contributed by atoms with Crippen molar-refractivity contribution >= 4 is 16.7 Å². The Balaban J connectivity index is 1.68. The Hall–Kier alpha value is -2.40. The molecule has 2 heterocycles. The van der Waals surface area contributed by atoms with Crippen LogP contribution in [0.15, 0.2) is 49.2 Å². The minimum Gasteiger partial charge on any atom is -0.473 e. The van der Waals surface area contributed by atoms with Crippen molar-refractivity contribution in [1.82, 2.24) is 14.8 Å². The summed E-state index contributed by atoms with van der Waals surface area (Å²) in [6, 6.07) is 10.2. The molecule has 0 saturated carbocycles. The summed E-state index contributed by atoms with van der Waals surface area (Å²) in [5.41, 5.74) is 0. The zero-order valence-corrected chi connectivity index (χ0v) is 15.4. The smallest absolute Gasteiger partial charge is 0.221 e. The van der Waals surface area contributed by atoms with Crippen LogP contribution in [-0.2, 0) is 4.79 Å². The van der Waals surface area contributed by atoms with Crippen LogP contribution in [0.25, 0.3) is 10.8 Å². The van der Waals surface area contributed by atoms with Gasteiger partial charge in [0.05, 0.1) is 0 Å². The van der Waals surface area contributed by atoms with Crippen LogP contribution in [0.4, 0.5) is 0 Å². The van der Waals surface area contributed by atoms with Crippen LogP contribution in [0.5, 0.6) is 5.88 Å². The largest absolute Gasteiger partial charge is 0.473 e. The average Bonchev–Trinajstić information content (AvgIpc) is 2.67. The van der Waals surface area contributed by atoms with E-state index in [-0.39, 0.29) is 12.0 Å². The standard InChI is InChI=1S/C21H27N3O2/c1-3-4-8-19(16-23-12-14-24(15-13-23)17(2)25)26-21-20-9-6-5-7-18(20)10-11-22-21/h3,5-7,9-11,19H,1,4,8,12-16H2,2H3/t19-/m0/s1. The molecule has 138 valence electrons. The van der Waals surface area contributed by atoms with Crippen LogP contribution >= 0.6 is 0 Å². The van der Waals surface area contributed by atoms with Crippen LogP contribution in [0.3, 0.4) is 0 Å². The second-order valence-corrected chi connectivity index (χ2v) is 6.75.